The molecular weight excluding hydrogens is 516 g/mol. The molecule has 10 heteroatoms. The van der Waals surface area contributed by atoms with Gasteiger partial charge in [-0.2, -0.15) is 0 Å². The molecule has 0 aliphatic heterocycles. The summed E-state index contributed by atoms with van der Waals surface area (Å²) < 4.78 is 0. The number of hydrogen-bond donors (Lipinski definition) is 0. The first-order chi connectivity index (χ1) is 0. The molecule has 10 heavy (non-hydrogen) atoms. The Balaban J connectivity index is 0. The molecule has 0 unspecified atom stereocenters. The summed E-state index contributed by atoms with van der Waals surface area (Å²) in [7, 11) is 0. The smallest absolute Gasteiger partial charge is 0.870 e. The van der Waals surface area contributed by atoms with Crippen molar-refractivity contribution in [2.75, 3.05) is 0 Å². The van der Waals surface area contributed by atoms with Gasteiger partial charge in [0.15, 0.2) is 0 Å². The van der Waals surface area contributed by atoms with E-state index in [1.54, 1.807) is 0 Å². The Morgan fingerprint density at radius 2 is 0.400 bits per heavy atom. The van der Waals surface area contributed by atoms with Crippen LogP contribution >= 0.6 is 0 Å². The Bertz CT molecular complexity index is 13.6. The van der Waals surface area contributed by atoms with Gasteiger partial charge in [0.1, 0.15) is 0 Å². The van der Waals surface area contributed by atoms with Crippen molar-refractivity contribution < 1.29 is 109 Å². The third-order valence-corrected chi connectivity index (χ3v) is 0. The average Bonchev–Trinajstić information content (AvgIpc) is 0. The molecule has 0 rings (SSSR count). The van der Waals surface area contributed by atoms with E-state index in [1.807, 2.05) is 0 Å². The van der Waals surface area contributed by atoms with Gasteiger partial charge in [-0.15, -0.1) is 0 Å². The van der Waals surface area contributed by atoms with Crippen molar-refractivity contribution in [3.05, 3.63) is 0 Å². The van der Waals surface area contributed by atoms with Gasteiger partial charge < -0.3 is 38.3 Å². The van der Waals surface area contributed by atoms with Crippen molar-refractivity contribution in [3.8, 4) is 0 Å². The minimum atomic E-state index is 0. The van der Waals surface area contributed by atoms with Crippen LogP contribution in [0.1, 0.15) is 0 Å². The Morgan fingerprint density at radius 3 is 0.400 bits per heavy atom. The zero-order valence-corrected chi connectivity index (χ0v) is 11.8. The minimum absolute atomic E-state index is 0. The molecule has 0 fully saturated rings. The largest absolute Gasteiger partial charge is 4.00 e. The van der Waals surface area contributed by atoms with Crippen LogP contribution in [0.25, 0.3) is 0 Å². The monoisotopic (exact) mass is 524 g/mol. The third kappa shape index (κ3) is 193. The van der Waals surface area contributed by atoms with Crippen molar-refractivity contribution in [2.45, 2.75) is 0 Å². The van der Waals surface area contributed by atoms with Crippen LogP contribution in [-0.4, -0.2) is 38.3 Å². The van der Waals surface area contributed by atoms with Crippen molar-refractivity contribution in [2.24, 2.45) is 0 Å². The van der Waals surface area contributed by atoms with E-state index in [2.05, 4.69) is 0 Å². The van der Waals surface area contributed by atoms with Crippen molar-refractivity contribution in [3.63, 3.8) is 0 Å². The molecule has 0 amide bonds. The van der Waals surface area contributed by atoms with Gasteiger partial charge in [0.2, 0.25) is 0 Å². The van der Waals surface area contributed by atoms with Crippen LogP contribution in [0, 0.1) is 0 Å². The fourth-order valence-corrected chi connectivity index (χ4v) is 0. The number of rotatable bonds is 0. The first-order valence-electron chi connectivity index (χ1n) is 0. The van der Waals surface area contributed by atoms with E-state index in [0.29, 0.717) is 0 Å². The predicted molar refractivity (Wildman–Crippen MR) is 13.6 cm³/mol. The molecule has 0 heterocycles. The molecule has 0 atom stereocenters. The summed E-state index contributed by atoms with van der Waals surface area (Å²) >= 11 is 0. The quantitative estimate of drug-likeness (QED) is 0.285. The van der Waals surface area contributed by atoms with Crippen LogP contribution in [0.2, 0.25) is 0 Å². The van der Waals surface area contributed by atoms with Crippen molar-refractivity contribution >= 4 is 0 Å². The maximum absolute atomic E-state index is 0. The average molecular weight is 523 g/mol. The molecular formula is H7NaO7PtRe. The van der Waals surface area contributed by atoms with Crippen LogP contribution in [0.15, 0.2) is 0 Å². The van der Waals surface area contributed by atoms with Gasteiger partial charge in [-0.05, 0) is 0 Å². The summed E-state index contributed by atoms with van der Waals surface area (Å²) in [5.74, 6) is 0. The zero-order valence-electron chi connectivity index (χ0n) is 4.82. The van der Waals surface area contributed by atoms with Crippen molar-refractivity contribution in [1.29, 1.82) is 0 Å². The Morgan fingerprint density at radius 1 is 0.400 bits per heavy atom. The topological polar surface area (TPSA) is 210 Å². The first-order valence-corrected chi connectivity index (χ1v) is 0. The molecule has 7 N–H and O–H groups in total. The van der Waals surface area contributed by atoms with Crippen LogP contribution in [0.4, 0.5) is 0 Å². The predicted octanol–water partition coefficient (Wildman–Crippen LogP) is -4.24. The molecule has 0 saturated carbocycles. The second-order valence-electron chi connectivity index (χ2n) is 0. The van der Waals surface area contributed by atoms with E-state index in [4.69, 9.17) is 0 Å². The van der Waals surface area contributed by atoms with Gasteiger partial charge in [-0.1, -0.05) is 0 Å². The van der Waals surface area contributed by atoms with Crippen LogP contribution in [0.5, 0.6) is 0 Å². The zero-order chi connectivity index (χ0) is 0. The van der Waals surface area contributed by atoms with Crippen LogP contribution < -0.4 is 29.6 Å². The van der Waals surface area contributed by atoms with Crippen molar-refractivity contribution in [1.82, 2.24) is 0 Å². The number of hydrogen-bond acceptors (Lipinski definition) is 7. The van der Waals surface area contributed by atoms with Gasteiger partial charge in [0.25, 0.3) is 0 Å². The summed E-state index contributed by atoms with van der Waals surface area (Å²) in [6.07, 6.45) is 0. The van der Waals surface area contributed by atoms with E-state index in [9.17, 15) is 0 Å². The van der Waals surface area contributed by atoms with Gasteiger partial charge in [-0.3, -0.25) is 0 Å². The third-order valence-electron chi connectivity index (χ3n) is 0. The standard InChI is InChI=1S/Na.7H2O.Pt.Re/h;7*1H2;;/q+1;;;;;;;;+2;+4/p-7. The Hall–Kier alpha value is 2.07. The van der Waals surface area contributed by atoms with E-state index in [-0.39, 0.29) is 109 Å². The van der Waals surface area contributed by atoms with Gasteiger partial charge in [0.05, 0.1) is 0 Å². The summed E-state index contributed by atoms with van der Waals surface area (Å²) in [6.45, 7) is 0. The fraction of sp³-hybridized carbons (Fsp3) is 0. The molecule has 0 saturated heterocycles. The normalized spacial score (nSPS) is 0. The summed E-state index contributed by atoms with van der Waals surface area (Å²) in [5.41, 5.74) is 0. The van der Waals surface area contributed by atoms with E-state index < -0.39 is 0 Å². The molecule has 0 aromatic rings. The summed E-state index contributed by atoms with van der Waals surface area (Å²) in [5, 5.41) is 0. The SMILES string of the molecule is [Na+].[OH-].[OH-].[OH-].[OH-].[OH-].[OH-].[OH-].[Pt+2].[Re+4]. The molecule has 0 bridgehead atoms. The molecule has 67 valence electrons. The molecule has 0 aliphatic rings. The molecule has 0 spiro atoms. The maximum Gasteiger partial charge on any atom is 4.00 e. The van der Waals surface area contributed by atoms with Crippen LogP contribution in [-0.2, 0) is 41.5 Å². The van der Waals surface area contributed by atoms with E-state index >= 15 is 0 Å². The van der Waals surface area contributed by atoms with Gasteiger partial charge in [0, 0.05) is 0 Å². The molecule has 0 aliphatic carbocycles. The van der Waals surface area contributed by atoms with Gasteiger partial charge >= 0.3 is 71.0 Å². The Kier molecular flexibility index (Phi) is 9040. The molecule has 1 radical (unpaired) electrons. The summed E-state index contributed by atoms with van der Waals surface area (Å²) in [6, 6.07) is 0. The molecule has 0 aromatic carbocycles. The second kappa shape index (κ2) is 262. The van der Waals surface area contributed by atoms with Gasteiger partial charge in [-0.25, -0.2) is 0 Å². The fourth-order valence-electron chi connectivity index (χ4n) is 0. The second-order valence-corrected chi connectivity index (χ2v) is 0. The van der Waals surface area contributed by atoms with E-state index in [1.165, 1.54) is 0 Å². The summed E-state index contributed by atoms with van der Waals surface area (Å²) in [4.78, 5) is 0. The molecule has 7 nitrogen and oxygen atoms in total. The first kappa shape index (κ1) is 345. The Labute approximate surface area is 108 Å². The molecule has 0 aromatic heterocycles. The maximum atomic E-state index is 0. The minimum Gasteiger partial charge on any atom is -0.870 e. The van der Waals surface area contributed by atoms with Crippen LogP contribution in [0.3, 0.4) is 0 Å². The van der Waals surface area contributed by atoms with E-state index in [0.717, 1.165) is 0 Å².